The van der Waals surface area contributed by atoms with Crippen molar-refractivity contribution in [3.63, 3.8) is 0 Å². The van der Waals surface area contributed by atoms with Gasteiger partial charge >= 0.3 is 0 Å². The zero-order valence-corrected chi connectivity index (χ0v) is 15.5. The van der Waals surface area contributed by atoms with Crippen LogP contribution in [0, 0.1) is 0 Å². The fourth-order valence-electron chi connectivity index (χ4n) is 1.81. The summed E-state index contributed by atoms with van der Waals surface area (Å²) in [6.45, 7) is 10.8. The number of rotatable bonds is 14. The van der Waals surface area contributed by atoms with E-state index in [4.69, 9.17) is 5.11 Å². The van der Waals surface area contributed by atoms with Gasteiger partial charge in [-0.1, -0.05) is 30.9 Å². The van der Waals surface area contributed by atoms with Gasteiger partial charge in [-0.3, -0.25) is 4.79 Å². The summed E-state index contributed by atoms with van der Waals surface area (Å²) < 4.78 is 0. The topological polar surface area (TPSA) is 80.2 Å². The van der Waals surface area contributed by atoms with Gasteiger partial charge in [0.2, 0.25) is 0 Å². The van der Waals surface area contributed by atoms with E-state index in [1.807, 2.05) is 32.1 Å². The van der Waals surface area contributed by atoms with Gasteiger partial charge < -0.3 is 15.4 Å². The number of aliphatic hydroxyl groups excluding tert-OH is 1. The molecule has 0 aromatic heterocycles. The lowest BCUT2D eigenvalue weighted by Gasteiger charge is -2.26. The molecule has 0 rings (SSSR count). The Morgan fingerprint density at radius 2 is 2.08 bits per heavy atom. The molecule has 140 valence electrons. The summed E-state index contributed by atoms with van der Waals surface area (Å²) >= 11 is 0. The van der Waals surface area contributed by atoms with Crippen molar-refractivity contribution in [3.8, 4) is 0 Å². The third kappa shape index (κ3) is 11.0. The molecule has 0 amide bonds. The first-order valence-electron chi connectivity index (χ1n) is 8.17. The Labute approximate surface area is 151 Å². The van der Waals surface area contributed by atoms with Gasteiger partial charge in [0.25, 0.3) is 0 Å². The molecule has 0 radical (unpaired) electrons. The third-order valence-electron chi connectivity index (χ3n) is 3.37. The smallest absolute Gasteiger partial charge is 0.173 e. The summed E-state index contributed by atoms with van der Waals surface area (Å²) in [6, 6.07) is -0.397. The molecule has 1 atom stereocenters. The summed E-state index contributed by atoms with van der Waals surface area (Å²) in [6.07, 6.45) is 10.5. The van der Waals surface area contributed by atoms with Crippen molar-refractivity contribution >= 4 is 12.0 Å². The minimum atomic E-state index is -0.397. The van der Waals surface area contributed by atoms with E-state index in [0.29, 0.717) is 13.0 Å². The number of hydrogen-bond acceptors (Lipinski definition) is 7. The van der Waals surface area contributed by atoms with Crippen LogP contribution in [-0.4, -0.2) is 67.1 Å². The Kier molecular flexibility index (Phi) is 12.9. The molecule has 25 heavy (non-hydrogen) atoms. The van der Waals surface area contributed by atoms with Crippen LogP contribution >= 0.6 is 0 Å². The molecule has 0 bridgehead atoms. The number of aliphatic hydroxyl groups is 1. The van der Waals surface area contributed by atoms with Crippen molar-refractivity contribution in [1.82, 2.24) is 20.8 Å². The van der Waals surface area contributed by atoms with E-state index in [1.54, 1.807) is 29.6 Å². The second kappa shape index (κ2) is 14.2. The largest absolute Gasteiger partial charge is 0.377 e. The van der Waals surface area contributed by atoms with Crippen LogP contribution in [0.2, 0.25) is 0 Å². The van der Waals surface area contributed by atoms with Gasteiger partial charge in [0, 0.05) is 33.4 Å². The van der Waals surface area contributed by atoms with Crippen molar-refractivity contribution < 1.29 is 9.90 Å². The lowest BCUT2D eigenvalue weighted by Crippen LogP contribution is -2.47. The molecule has 7 nitrogen and oxygen atoms in total. The molecule has 0 saturated carbocycles. The number of hydrazine groups is 1. The molecule has 0 aliphatic rings. The van der Waals surface area contributed by atoms with E-state index >= 15 is 0 Å². The number of nitrogens with zero attached hydrogens (tertiary/aromatic N) is 3. The maximum absolute atomic E-state index is 12.1. The van der Waals surface area contributed by atoms with Crippen LogP contribution in [0.1, 0.15) is 13.3 Å². The standard InChI is InChI=1S/C18H31N5O2/c1-6-18(25)17(14-16(3)10-8-9-11-19-15-24)23(5)21-13-12-20-22(4)7-2/h6,8-12,17,19,21,24H,1,3,7,13-15H2,2,4-5H3/b10-8-,11-9+,20-12-. The highest BCUT2D eigenvalue weighted by Crippen LogP contribution is 2.10. The van der Waals surface area contributed by atoms with Crippen molar-refractivity contribution in [2.75, 3.05) is 33.9 Å². The van der Waals surface area contributed by atoms with Crippen LogP contribution in [-0.2, 0) is 4.79 Å². The lowest BCUT2D eigenvalue weighted by atomic mass is 10.0. The Morgan fingerprint density at radius 1 is 1.36 bits per heavy atom. The van der Waals surface area contributed by atoms with Crippen LogP contribution in [0.3, 0.4) is 0 Å². The van der Waals surface area contributed by atoms with Crippen molar-refractivity contribution in [2.24, 2.45) is 5.10 Å². The number of nitrogens with one attached hydrogen (secondary N) is 2. The Bertz CT molecular complexity index is 500. The first-order chi connectivity index (χ1) is 12.0. The molecular formula is C18H31N5O2. The number of carbonyl (C=O) groups is 1. The molecule has 0 aliphatic heterocycles. The molecule has 0 aromatic carbocycles. The zero-order valence-electron chi connectivity index (χ0n) is 15.5. The summed E-state index contributed by atoms with van der Waals surface area (Å²) in [4.78, 5) is 12.1. The fourth-order valence-corrected chi connectivity index (χ4v) is 1.81. The average Bonchev–Trinajstić information content (AvgIpc) is 2.61. The van der Waals surface area contributed by atoms with E-state index in [9.17, 15) is 4.79 Å². The summed E-state index contributed by atoms with van der Waals surface area (Å²) in [5.41, 5.74) is 3.95. The average molecular weight is 349 g/mol. The summed E-state index contributed by atoms with van der Waals surface area (Å²) in [5.74, 6) is -0.0790. The minimum Gasteiger partial charge on any atom is -0.377 e. The van der Waals surface area contributed by atoms with Crippen LogP contribution in [0.15, 0.2) is 54.3 Å². The number of hydrazone groups is 1. The predicted octanol–water partition coefficient (Wildman–Crippen LogP) is 1.04. The van der Waals surface area contributed by atoms with Crippen LogP contribution < -0.4 is 10.7 Å². The van der Waals surface area contributed by atoms with Crippen LogP contribution in [0.25, 0.3) is 0 Å². The predicted molar refractivity (Wildman–Crippen MR) is 104 cm³/mol. The summed E-state index contributed by atoms with van der Waals surface area (Å²) in [5, 5.41) is 19.0. The molecule has 0 spiro atoms. The zero-order chi connectivity index (χ0) is 19.1. The van der Waals surface area contributed by atoms with Crippen molar-refractivity contribution in [1.29, 1.82) is 0 Å². The van der Waals surface area contributed by atoms with E-state index in [1.165, 1.54) is 6.08 Å². The normalized spacial score (nSPS) is 13.0. The van der Waals surface area contributed by atoms with E-state index in [-0.39, 0.29) is 12.5 Å². The van der Waals surface area contributed by atoms with Gasteiger partial charge in [0.1, 0.15) is 6.73 Å². The second-order valence-electron chi connectivity index (χ2n) is 5.31. The van der Waals surface area contributed by atoms with Gasteiger partial charge in [-0.25, -0.2) is 10.4 Å². The lowest BCUT2D eigenvalue weighted by molar-refractivity contribution is -0.120. The van der Waals surface area contributed by atoms with Gasteiger partial charge in [-0.05, 0) is 31.7 Å². The van der Waals surface area contributed by atoms with Gasteiger partial charge in [0.15, 0.2) is 5.78 Å². The molecule has 3 N–H and O–H groups in total. The Morgan fingerprint density at radius 3 is 2.68 bits per heavy atom. The second-order valence-corrected chi connectivity index (χ2v) is 5.31. The third-order valence-corrected chi connectivity index (χ3v) is 3.37. The van der Waals surface area contributed by atoms with Gasteiger partial charge in [-0.2, -0.15) is 5.10 Å². The molecule has 0 aliphatic carbocycles. The Balaban J connectivity index is 4.62. The number of ketones is 1. The van der Waals surface area contributed by atoms with Gasteiger partial charge in [-0.15, -0.1) is 0 Å². The maximum Gasteiger partial charge on any atom is 0.173 e. The van der Waals surface area contributed by atoms with Crippen molar-refractivity contribution in [2.45, 2.75) is 19.4 Å². The first-order valence-corrected chi connectivity index (χ1v) is 8.17. The molecule has 0 heterocycles. The molecular weight excluding hydrogens is 318 g/mol. The van der Waals surface area contributed by atoms with E-state index < -0.39 is 6.04 Å². The number of hydrogen-bond donors (Lipinski definition) is 3. The molecule has 1 unspecified atom stereocenters. The highest BCUT2D eigenvalue weighted by Gasteiger charge is 2.20. The van der Waals surface area contributed by atoms with E-state index in [2.05, 4.69) is 29.0 Å². The monoisotopic (exact) mass is 349 g/mol. The molecule has 0 fully saturated rings. The molecule has 7 heteroatoms. The van der Waals surface area contributed by atoms with Crippen LogP contribution in [0.4, 0.5) is 0 Å². The van der Waals surface area contributed by atoms with Crippen LogP contribution in [0.5, 0.6) is 0 Å². The first kappa shape index (κ1) is 22.8. The fraction of sp³-hybridized carbons (Fsp3) is 0.444. The Hall–Kier alpha value is -2.22. The quantitative estimate of drug-likeness (QED) is 0.143. The minimum absolute atomic E-state index is 0.0790. The molecule has 0 saturated heterocycles. The number of carbonyl (C=O) groups excluding carboxylic acids is 1. The molecule has 0 aromatic rings. The number of likely N-dealkylation sites (N-methyl/N-ethyl adjacent to an activating group) is 1. The SMILES string of the molecule is C=CC(=O)C(CC(=C)/C=C\C=C\NCO)N(C)NC/C=N\N(C)CC. The highest BCUT2D eigenvalue weighted by molar-refractivity contribution is 5.94. The maximum atomic E-state index is 12.1. The summed E-state index contributed by atoms with van der Waals surface area (Å²) in [7, 11) is 3.70. The number of allylic oxidation sites excluding steroid dienone is 3. The van der Waals surface area contributed by atoms with Gasteiger partial charge in [0.05, 0.1) is 6.04 Å². The van der Waals surface area contributed by atoms with E-state index in [0.717, 1.165) is 12.1 Å². The van der Waals surface area contributed by atoms with Crippen molar-refractivity contribution in [3.05, 3.63) is 49.2 Å². The highest BCUT2D eigenvalue weighted by atomic mass is 16.3.